The van der Waals surface area contributed by atoms with Gasteiger partial charge in [-0.2, -0.15) is 0 Å². The van der Waals surface area contributed by atoms with Gasteiger partial charge in [-0.05, 0) is 64.7 Å². The fourth-order valence-electron chi connectivity index (χ4n) is 5.96. The van der Waals surface area contributed by atoms with Crippen molar-refractivity contribution in [1.82, 2.24) is 10.6 Å². The first-order chi connectivity index (χ1) is 22.6. The Morgan fingerprint density at radius 3 is 1.60 bits per heavy atom. The van der Waals surface area contributed by atoms with Crippen LogP contribution in [0, 0.1) is 0 Å². The molecule has 0 aliphatic heterocycles. The fourth-order valence-corrected chi connectivity index (χ4v) is 5.96. The molecule has 0 rings (SSSR count). The Balaban J connectivity index is 3.93. The second-order valence-corrected chi connectivity index (χ2v) is 14.1. The maximum Gasteiger partial charge on any atom is 0.328 e. The first kappa shape index (κ1) is 44.8. The minimum absolute atomic E-state index is 0.0963. The average Bonchev–Trinajstić information content (AvgIpc) is 3.02. The molecule has 0 saturated carbocycles. The number of esters is 1. The normalized spacial score (nSPS) is 12.1. The lowest BCUT2D eigenvalue weighted by molar-refractivity contribution is -0.890. The minimum Gasteiger partial charge on any atom is -0.481 e. The van der Waals surface area contributed by atoms with Crippen LogP contribution in [0.3, 0.4) is 0 Å². The topological polar surface area (TPSA) is 122 Å². The van der Waals surface area contributed by atoms with Crippen molar-refractivity contribution in [3.63, 3.8) is 0 Å². The van der Waals surface area contributed by atoms with Crippen molar-refractivity contribution < 1.29 is 33.5 Å². The van der Waals surface area contributed by atoms with Gasteiger partial charge in [0.2, 0.25) is 11.8 Å². The van der Waals surface area contributed by atoms with Crippen molar-refractivity contribution in [3.8, 4) is 0 Å². The number of amides is 2. The predicted octanol–water partition coefficient (Wildman–Crippen LogP) is 8.08. The molecule has 0 aromatic heterocycles. The third-order valence-electron chi connectivity index (χ3n) is 8.98. The molecule has 0 fully saturated rings. The van der Waals surface area contributed by atoms with Crippen LogP contribution in [-0.2, 0) is 23.9 Å². The van der Waals surface area contributed by atoms with E-state index in [0.717, 1.165) is 75.4 Å². The minimum atomic E-state index is -0.707. The lowest BCUT2D eigenvalue weighted by Crippen LogP contribution is -2.41. The van der Waals surface area contributed by atoms with E-state index in [1.807, 2.05) is 0 Å². The Morgan fingerprint density at radius 2 is 1.06 bits per heavy atom. The number of carbonyl (C=O) groups is 4. The lowest BCUT2D eigenvalue weighted by atomic mass is 10.1. The molecule has 1 atom stereocenters. The summed E-state index contributed by atoms with van der Waals surface area (Å²) in [5.41, 5.74) is 0. The van der Waals surface area contributed by atoms with Crippen molar-refractivity contribution in [2.45, 2.75) is 180 Å². The van der Waals surface area contributed by atoms with Crippen LogP contribution in [-0.4, -0.2) is 79.7 Å². The number of carboxylic acids is 1. The first-order valence-electron chi connectivity index (χ1n) is 19.4. The van der Waals surface area contributed by atoms with Crippen molar-refractivity contribution in [2.75, 3.05) is 40.3 Å². The highest BCUT2D eigenvalue weighted by Crippen LogP contribution is 2.13. The number of ether oxygens (including phenoxy) is 1. The van der Waals surface area contributed by atoms with Crippen LogP contribution in [0.4, 0.5) is 0 Å². The van der Waals surface area contributed by atoms with Gasteiger partial charge in [-0.25, -0.2) is 4.79 Å². The zero-order chi connectivity index (χ0) is 35.0. The molecule has 0 saturated heterocycles. The number of nitrogens with one attached hydrogen (secondary N) is 2. The number of aliphatic carboxylic acids is 1. The van der Waals surface area contributed by atoms with E-state index in [1.54, 1.807) is 6.92 Å². The van der Waals surface area contributed by atoms with Gasteiger partial charge in [-0.1, -0.05) is 90.4 Å². The number of unbranched alkanes of at least 4 members (excludes halogenated alkanes) is 17. The predicted molar refractivity (Wildman–Crippen MR) is 192 cm³/mol. The van der Waals surface area contributed by atoms with Crippen LogP contribution in [0.25, 0.3) is 0 Å². The molecule has 9 nitrogen and oxygen atoms in total. The molecule has 9 heteroatoms. The van der Waals surface area contributed by atoms with Gasteiger partial charge < -0.3 is 25.0 Å². The summed E-state index contributed by atoms with van der Waals surface area (Å²) in [5, 5.41) is 14.7. The number of carboxylic acid groups (broad SMARTS) is 1. The van der Waals surface area contributed by atoms with Crippen LogP contribution < -0.4 is 10.6 Å². The molecule has 0 spiro atoms. The van der Waals surface area contributed by atoms with Crippen LogP contribution in [0.15, 0.2) is 0 Å². The van der Waals surface area contributed by atoms with E-state index in [9.17, 15) is 19.2 Å². The van der Waals surface area contributed by atoms with Crippen molar-refractivity contribution in [1.29, 1.82) is 0 Å². The molecule has 47 heavy (non-hydrogen) atoms. The Hall–Kier alpha value is -2.16. The van der Waals surface area contributed by atoms with Gasteiger partial charge in [0.15, 0.2) is 0 Å². The largest absolute Gasteiger partial charge is 0.481 e. The molecule has 276 valence electrons. The Labute approximate surface area is 288 Å². The molecule has 3 N–H and O–H groups in total. The molecule has 0 bridgehead atoms. The standard InChI is InChI=1S/C38H73N3O6/c1-5-7-8-9-10-11-14-17-20-28-35(42)39-31-24-22-27-34(38(46)47-6-2)40-36(43)29-21-18-15-12-13-16-19-25-32-41(3,4)33-26-23-30-37(44)45/h34H,5-33H2,1-4H3,(H2-,39,40,42,43,44,45)/p+1/t34-/m0/s1. The average molecular weight is 669 g/mol. The van der Waals surface area contributed by atoms with E-state index in [4.69, 9.17) is 9.84 Å². The van der Waals surface area contributed by atoms with Gasteiger partial charge in [0.25, 0.3) is 0 Å². The van der Waals surface area contributed by atoms with E-state index in [2.05, 4.69) is 31.7 Å². The molecule has 0 aromatic carbocycles. The first-order valence-corrected chi connectivity index (χ1v) is 19.4. The van der Waals surface area contributed by atoms with E-state index >= 15 is 0 Å². The number of quaternary nitrogens is 1. The number of nitrogens with zero attached hydrogens (tertiary/aromatic N) is 1. The number of carbonyl (C=O) groups excluding carboxylic acids is 3. The smallest absolute Gasteiger partial charge is 0.328 e. The third-order valence-corrected chi connectivity index (χ3v) is 8.98. The molecule has 0 aliphatic carbocycles. The quantitative estimate of drug-likeness (QED) is 0.0362. The molecule has 0 aliphatic rings. The highest BCUT2D eigenvalue weighted by atomic mass is 16.5. The van der Waals surface area contributed by atoms with Crippen molar-refractivity contribution >= 4 is 23.8 Å². The van der Waals surface area contributed by atoms with Crippen molar-refractivity contribution in [3.05, 3.63) is 0 Å². The van der Waals surface area contributed by atoms with Gasteiger partial charge in [0, 0.05) is 25.8 Å². The Kier molecular flexibility index (Phi) is 29.7. The molecular formula is C38H74N3O6+. The maximum atomic E-state index is 12.6. The van der Waals surface area contributed by atoms with Gasteiger partial charge >= 0.3 is 11.9 Å². The molecule has 0 radical (unpaired) electrons. The summed E-state index contributed by atoms with van der Waals surface area (Å²) in [6.45, 7) is 7.04. The Bertz CT molecular complexity index is 804. The summed E-state index contributed by atoms with van der Waals surface area (Å²) in [4.78, 5) is 47.8. The van der Waals surface area contributed by atoms with Gasteiger partial charge in [0.1, 0.15) is 6.04 Å². The number of hydrogen-bond acceptors (Lipinski definition) is 5. The zero-order valence-corrected chi connectivity index (χ0v) is 31.0. The highest BCUT2D eigenvalue weighted by Gasteiger charge is 2.21. The SMILES string of the molecule is CCCCCCCCCCCC(=O)NCCCC[C@H](NC(=O)CCCCCCCCCC[N+](C)(C)CCCCC(=O)O)C(=O)OCC. The molecule has 2 amide bonds. The summed E-state index contributed by atoms with van der Waals surface area (Å²) >= 11 is 0. The summed E-state index contributed by atoms with van der Waals surface area (Å²) in [6, 6.07) is -0.631. The molecular weight excluding hydrogens is 594 g/mol. The zero-order valence-electron chi connectivity index (χ0n) is 31.0. The molecule has 0 heterocycles. The van der Waals surface area contributed by atoms with Crippen LogP contribution >= 0.6 is 0 Å². The summed E-state index contributed by atoms with van der Waals surface area (Å²) in [6.07, 6.45) is 25.1. The van der Waals surface area contributed by atoms with Crippen molar-refractivity contribution in [2.24, 2.45) is 0 Å². The number of rotatable bonds is 34. The second kappa shape index (κ2) is 31.1. The monoisotopic (exact) mass is 669 g/mol. The van der Waals surface area contributed by atoms with Crippen LogP contribution in [0.5, 0.6) is 0 Å². The van der Waals surface area contributed by atoms with E-state index < -0.39 is 12.0 Å². The second-order valence-electron chi connectivity index (χ2n) is 14.1. The summed E-state index contributed by atoms with van der Waals surface area (Å²) in [5.74, 6) is -1.08. The van der Waals surface area contributed by atoms with Crippen LogP contribution in [0.1, 0.15) is 174 Å². The van der Waals surface area contributed by atoms with E-state index in [0.29, 0.717) is 25.8 Å². The fraction of sp³-hybridized carbons (Fsp3) is 0.895. The maximum absolute atomic E-state index is 12.6. The lowest BCUT2D eigenvalue weighted by Gasteiger charge is -2.29. The van der Waals surface area contributed by atoms with Crippen LogP contribution in [0.2, 0.25) is 0 Å². The Morgan fingerprint density at radius 1 is 0.596 bits per heavy atom. The summed E-state index contributed by atoms with van der Waals surface area (Å²) < 4.78 is 6.15. The highest BCUT2D eigenvalue weighted by molar-refractivity contribution is 5.84. The van der Waals surface area contributed by atoms with Gasteiger partial charge in [-0.3, -0.25) is 14.4 Å². The van der Waals surface area contributed by atoms with Gasteiger partial charge in [-0.15, -0.1) is 0 Å². The van der Waals surface area contributed by atoms with E-state index in [-0.39, 0.29) is 30.8 Å². The van der Waals surface area contributed by atoms with E-state index in [1.165, 1.54) is 77.0 Å². The van der Waals surface area contributed by atoms with Gasteiger partial charge in [0.05, 0.1) is 33.8 Å². The summed E-state index contributed by atoms with van der Waals surface area (Å²) in [7, 11) is 4.46. The number of hydrogen-bond donors (Lipinski definition) is 3. The molecule has 0 aromatic rings. The molecule has 0 unspecified atom stereocenters. The third kappa shape index (κ3) is 30.9.